The van der Waals surface area contributed by atoms with Crippen LogP contribution in [0.1, 0.15) is 27.2 Å². The van der Waals surface area contributed by atoms with Crippen LogP contribution < -0.4 is 15.8 Å². The normalized spacial score (nSPS) is 12.1. The standard InChI is InChI=1S/C14H23N3O3S/c1-4-9-17-21(19,20)12-8-6-5-7-11(12)16-10-14(2,3)13(15)18/h5-8,16-17H,4,9-10H2,1-3H3,(H2,15,18). The van der Waals surface area contributed by atoms with Gasteiger partial charge in [0.25, 0.3) is 0 Å². The summed E-state index contributed by atoms with van der Waals surface area (Å²) in [6, 6.07) is 6.58. The Morgan fingerprint density at radius 3 is 2.48 bits per heavy atom. The number of rotatable bonds is 8. The van der Waals surface area contributed by atoms with E-state index in [1.807, 2.05) is 6.92 Å². The fourth-order valence-electron chi connectivity index (χ4n) is 1.56. The van der Waals surface area contributed by atoms with Crippen molar-refractivity contribution < 1.29 is 13.2 Å². The lowest BCUT2D eigenvalue weighted by Crippen LogP contribution is -2.37. The maximum absolute atomic E-state index is 12.2. The fourth-order valence-corrected chi connectivity index (χ4v) is 2.88. The van der Waals surface area contributed by atoms with Gasteiger partial charge in [-0.15, -0.1) is 0 Å². The first-order chi connectivity index (χ1) is 9.70. The van der Waals surface area contributed by atoms with Gasteiger partial charge >= 0.3 is 0 Å². The molecule has 0 radical (unpaired) electrons. The molecule has 1 aromatic rings. The minimum absolute atomic E-state index is 0.165. The third-order valence-corrected chi connectivity index (χ3v) is 4.63. The first-order valence-corrected chi connectivity index (χ1v) is 8.31. The fraction of sp³-hybridized carbons (Fsp3) is 0.500. The van der Waals surface area contributed by atoms with Crippen molar-refractivity contribution in [3.8, 4) is 0 Å². The van der Waals surface area contributed by atoms with Crippen LogP contribution in [0.4, 0.5) is 5.69 Å². The summed E-state index contributed by atoms with van der Waals surface area (Å²) in [6.45, 7) is 5.93. The van der Waals surface area contributed by atoms with Crippen molar-refractivity contribution >= 4 is 21.6 Å². The number of hydrogen-bond acceptors (Lipinski definition) is 4. The molecule has 0 aromatic heterocycles. The average Bonchev–Trinajstić information content (AvgIpc) is 2.43. The second-order valence-electron chi connectivity index (χ2n) is 5.50. The Morgan fingerprint density at radius 1 is 1.29 bits per heavy atom. The number of primary amides is 1. The van der Waals surface area contributed by atoms with Crippen LogP contribution in [-0.2, 0) is 14.8 Å². The van der Waals surface area contributed by atoms with E-state index >= 15 is 0 Å². The minimum Gasteiger partial charge on any atom is -0.383 e. The van der Waals surface area contributed by atoms with E-state index in [1.54, 1.807) is 32.0 Å². The van der Waals surface area contributed by atoms with E-state index < -0.39 is 21.3 Å². The maximum atomic E-state index is 12.2. The summed E-state index contributed by atoms with van der Waals surface area (Å²) in [6.07, 6.45) is 0.712. The quantitative estimate of drug-likeness (QED) is 0.673. The second-order valence-corrected chi connectivity index (χ2v) is 7.23. The van der Waals surface area contributed by atoms with Gasteiger partial charge in [0.2, 0.25) is 15.9 Å². The van der Waals surface area contributed by atoms with Crippen LogP contribution in [0.2, 0.25) is 0 Å². The molecule has 0 bridgehead atoms. The predicted molar refractivity (Wildman–Crippen MR) is 83.4 cm³/mol. The van der Waals surface area contributed by atoms with Gasteiger partial charge in [0.1, 0.15) is 4.90 Å². The first-order valence-electron chi connectivity index (χ1n) is 6.83. The second kappa shape index (κ2) is 6.91. The van der Waals surface area contributed by atoms with Crippen LogP contribution >= 0.6 is 0 Å². The third-order valence-electron chi connectivity index (χ3n) is 3.11. The van der Waals surface area contributed by atoms with Crippen LogP contribution in [0.3, 0.4) is 0 Å². The lowest BCUT2D eigenvalue weighted by Gasteiger charge is -2.22. The molecule has 4 N–H and O–H groups in total. The minimum atomic E-state index is -3.57. The number of para-hydroxylation sites is 1. The molecule has 0 saturated carbocycles. The number of benzene rings is 1. The number of sulfonamides is 1. The SMILES string of the molecule is CCCNS(=O)(=O)c1ccccc1NCC(C)(C)C(N)=O. The number of anilines is 1. The van der Waals surface area contributed by atoms with Crippen molar-refractivity contribution in [2.75, 3.05) is 18.4 Å². The highest BCUT2D eigenvalue weighted by Gasteiger charge is 2.26. The Kier molecular flexibility index (Phi) is 5.74. The molecule has 0 atom stereocenters. The molecule has 1 rings (SSSR count). The van der Waals surface area contributed by atoms with E-state index in [4.69, 9.17) is 5.73 Å². The van der Waals surface area contributed by atoms with Gasteiger partial charge in [-0.1, -0.05) is 19.1 Å². The smallest absolute Gasteiger partial charge is 0.242 e. The summed E-state index contributed by atoms with van der Waals surface area (Å²) < 4.78 is 27.0. The zero-order valence-electron chi connectivity index (χ0n) is 12.6. The number of hydrogen-bond donors (Lipinski definition) is 3. The molecule has 0 fully saturated rings. The molecular weight excluding hydrogens is 290 g/mol. The van der Waals surface area contributed by atoms with Crippen molar-refractivity contribution in [2.45, 2.75) is 32.1 Å². The molecule has 7 heteroatoms. The molecule has 118 valence electrons. The predicted octanol–water partition coefficient (Wildman–Crippen LogP) is 1.30. The van der Waals surface area contributed by atoms with E-state index in [-0.39, 0.29) is 11.4 Å². The van der Waals surface area contributed by atoms with Crippen molar-refractivity contribution in [3.63, 3.8) is 0 Å². The average molecular weight is 313 g/mol. The van der Waals surface area contributed by atoms with Crippen molar-refractivity contribution in [1.82, 2.24) is 4.72 Å². The van der Waals surface area contributed by atoms with Gasteiger partial charge in [-0.2, -0.15) is 0 Å². The van der Waals surface area contributed by atoms with Crippen molar-refractivity contribution in [1.29, 1.82) is 0 Å². The number of nitrogens with two attached hydrogens (primary N) is 1. The van der Waals surface area contributed by atoms with Crippen LogP contribution in [0.15, 0.2) is 29.2 Å². The number of amides is 1. The molecule has 0 saturated heterocycles. The molecule has 0 aliphatic heterocycles. The molecule has 0 spiro atoms. The Hall–Kier alpha value is -1.60. The molecule has 1 aromatic carbocycles. The van der Waals surface area contributed by atoms with E-state index in [2.05, 4.69) is 10.0 Å². The van der Waals surface area contributed by atoms with Crippen molar-refractivity contribution in [2.24, 2.45) is 11.1 Å². The summed E-state index contributed by atoms with van der Waals surface area (Å²) in [5.41, 5.74) is 5.00. The highest BCUT2D eigenvalue weighted by atomic mass is 32.2. The molecule has 21 heavy (non-hydrogen) atoms. The highest BCUT2D eigenvalue weighted by molar-refractivity contribution is 7.89. The summed E-state index contributed by atoms with van der Waals surface area (Å²) in [7, 11) is -3.57. The lowest BCUT2D eigenvalue weighted by molar-refractivity contribution is -0.125. The van der Waals surface area contributed by atoms with Gasteiger partial charge in [-0.3, -0.25) is 4.79 Å². The maximum Gasteiger partial charge on any atom is 0.242 e. The van der Waals surface area contributed by atoms with Crippen molar-refractivity contribution in [3.05, 3.63) is 24.3 Å². The largest absolute Gasteiger partial charge is 0.383 e. The highest BCUT2D eigenvalue weighted by Crippen LogP contribution is 2.23. The summed E-state index contributed by atoms with van der Waals surface area (Å²) >= 11 is 0. The molecule has 0 aliphatic carbocycles. The molecule has 0 heterocycles. The third kappa shape index (κ3) is 4.71. The van der Waals surface area contributed by atoms with Crippen LogP contribution in [0.5, 0.6) is 0 Å². The number of carbonyl (C=O) groups excluding carboxylic acids is 1. The van der Waals surface area contributed by atoms with Gasteiger partial charge in [0.05, 0.1) is 11.1 Å². The topological polar surface area (TPSA) is 101 Å². The monoisotopic (exact) mass is 313 g/mol. The molecule has 1 amide bonds. The lowest BCUT2D eigenvalue weighted by atomic mass is 9.93. The summed E-state index contributed by atoms with van der Waals surface area (Å²) in [5, 5.41) is 3.00. The van der Waals surface area contributed by atoms with Gasteiger partial charge < -0.3 is 11.1 Å². The van der Waals surface area contributed by atoms with Gasteiger partial charge in [0, 0.05) is 13.1 Å². The van der Waals surface area contributed by atoms with Crippen LogP contribution in [0.25, 0.3) is 0 Å². The summed E-state index contributed by atoms with van der Waals surface area (Å²) in [4.78, 5) is 11.5. The number of carbonyl (C=O) groups is 1. The van der Waals surface area contributed by atoms with Gasteiger partial charge in [-0.05, 0) is 32.4 Å². The van der Waals surface area contributed by atoms with E-state index in [9.17, 15) is 13.2 Å². The Bertz CT molecular complexity index is 597. The molecular formula is C14H23N3O3S. The summed E-state index contributed by atoms with van der Waals surface area (Å²) in [5.74, 6) is -0.445. The Balaban J connectivity index is 2.98. The Labute approximate surface area is 126 Å². The van der Waals surface area contributed by atoms with Crippen LogP contribution in [-0.4, -0.2) is 27.4 Å². The number of nitrogens with one attached hydrogen (secondary N) is 2. The molecule has 6 nitrogen and oxygen atoms in total. The van der Waals surface area contributed by atoms with E-state index in [0.29, 0.717) is 18.7 Å². The van der Waals surface area contributed by atoms with Gasteiger partial charge in [0.15, 0.2) is 0 Å². The van der Waals surface area contributed by atoms with E-state index in [1.165, 1.54) is 6.07 Å². The molecule has 0 unspecified atom stereocenters. The zero-order chi connectivity index (χ0) is 16.1. The first kappa shape index (κ1) is 17.5. The Morgan fingerprint density at radius 2 is 1.90 bits per heavy atom. The molecule has 0 aliphatic rings. The van der Waals surface area contributed by atoms with Crippen LogP contribution in [0, 0.1) is 5.41 Å². The zero-order valence-corrected chi connectivity index (χ0v) is 13.5. The van der Waals surface area contributed by atoms with E-state index in [0.717, 1.165) is 0 Å². The van der Waals surface area contributed by atoms with Gasteiger partial charge in [-0.25, -0.2) is 13.1 Å².